The SMILES string of the molecule is O=C(CO)OCCCCC1OCCO1. The summed E-state index contributed by atoms with van der Waals surface area (Å²) in [7, 11) is 0. The number of unbranched alkanes of at least 4 members (excludes halogenated alkanes) is 1. The van der Waals surface area contributed by atoms with Crippen molar-refractivity contribution >= 4 is 5.97 Å². The van der Waals surface area contributed by atoms with Gasteiger partial charge in [-0.15, -0.1) is 0 Å². The minimum absolute atomic E-state index is 0.0801. The number of hydrogen-bond acceptors (Lipinski definition) is 5. The lowest BCUT2D eigenvalue weighted by Gasteiger charge is -2.08. The summed E-state index contributed by atoms with van der Waals surface area (Å²) >= 11 is 0. The topological polar surface area (TPSA) is 65.0 Å². The second-order valence-electron chi connectivity index (χ2n) is 3.05. The molecule has 0 bridgehead atoms. The van der Waals surface area contributed by atoms with Gasteiger partial charge in [0.25, 0.3) is 0 Å². The molecule has 1 saturated heterocycles. The number of rotatable bonds is 6. The minimum atomic E-state index is -0.571. The molecule has 1 rings (SSSR count). The van der Waals surface area contributed by atoms with Crippen molar-refractivity contribution in [3.05, 3.63) is 0 Å². The lowest BCUT2D eigenvalue weighted by atomic mass is 10.2. The number of esters is 1. The number of aliphatic hydroxyl groups excluding tert-OH is 1. The Morgan fingerprint density at radius 3 is 2.71 bits per heavy atom. The molecule has 0 radical (unpaired) electrons. The summed E-state index contributed by atoms with van der Waals surface area (Å²) in [5.74, 6) is -0.571. The maximum atomic E-state index is 10.5. The van der Waals surface area contributed by atoms with Gasteiger partial charge in [0.05, 0.1) is 19.8 Å². The van der Waals surface area contributed by atoms with Crippen molar-refractivity contribution < 1.29 is 24.1 Å². The summed E-state index contributed by atoms with van der Waals surface area (Å²) < 4.78 is 15.1. The third kappa shape index (κ3) is 4.55. The zero-order chi connectivity index (χ0) is 10.2. The first kappa shape index (κ1) is 11.4. The molecular formula is C9H16O5. The Kier molecular flexibility index (Phi) is 5.51. The van der Waals surface area contributed by atoms with Crippen LogP contribution in [0.5, 0.6) is 0 Å². The standard InChI is InChI=1S/C9H16O5/c10-7-8(11)12-4-2-1-3-9-13-5-6-14-9/h9-10H,1-7H2. The highest BCUT2D eigenvalue weighted by Gasteiger charge is 2.14. The fourth-order valence-electron chi connectivity index (χ4n) is 1.22. The first-order valence-electron chi connectivity index (χ1n) is 4.82. The molecule has 1 aliphatic rings. The predicted molar refractivity (Wildman–Crippen MR) is 47.6 cm³/mol. The van der Waals surface area contributed by atoms with Crippen LogP contribution in [0.2, 0.25) is 0 Å². The van der Waals surface area contributed by atoms with E-state index in [1.54, 1.807) is 0 Å². The highest BCUT2D eigenvalue weighted by molar-refractivity contribution is 5.70. The smallest absolute Gasteiger partial charge is 0.331 e. The predicted octanol–water partition coefficient (Wildman–Crippen LogP) is 0.0651. The molecule has 0 aromatic heterocycles. The molecule has 1 heterocycles. The van der Waals surface area contributed by atoms with Crippen molar-refractivity contribution in [2.45, 2.75) is 25.6 Å². The van der Waals surface area contributed by atoms with E-state index in [0.717, 1.165) is 19.3 Å². The highest BCUT2D eigenvalue weighted by atomic mass is 16.7. The third-order valence-corrected chi connectivity index (χ3v) is 1.92. The molecule has 1 aliphatic heterocycles. The van der Waals surface area contributed by atoms with E-state index in [9.17, 15) is 4.79 Å². The number of aliphatic hydroxyl groups is 1. The molecule has 0 spiro atoms. The van der Waals surface area contributed by atoms with Crippen LogP contribution >= 0.6 is 0 Å². The lowest BCUT2D eigenvalue weighted by molar-refractivity contribution is -0.147. The minimum Gasteiger partial charge on any atom is -0.464 e. The van der Waals surface area contributed by atoms with E-state index in [1.807, 2.05) is 0 Å². The quantitative estimate of drug-likeness (QED) is 0.489. The van der Waals surface area contributed by atoms with Gasteiger partial charge >= 0.3 is 5.97 Å². The maximum Gasteiger partial charge on any atom is 0.331 e. The summed E-state index contributed by atoms with van der Waals surface area (Å²) in [5, 5.41) is 8.35. The molecule has 82 valence electrons. The van der Waals surface area contributed by atoms with Crippen LogP contribution < -0.4 is 0 Å². The Balaban J connectivity index is 1.86. The van der Waals surface area contributed by atoms with Crippen LogP contribution in [0.25, 0.3) is 0 Å². The number of carbonyl (C=O) groups excluding carboxylic acids is 1. The average Bonchev–Trinajstić information content (AvgIpc) is 2.69. The van der Waals surface area contributed by atoms with Gasteiger partial charge in [-0.2, -0.15) is 0 Å². The van der Waals surface area contributed by atoms with Gasteiger partial charge in [0.15, 0.2) is 6.29 Å². The second kappa shape index (κ2) is 6.75. The number of hydrogen-bond donors (Lipinski definition) is 1. The normalized spacial score (nSPS) is 17.2. The fourth-order valence-corrected chi connectivity index (χ4v) is 1.22. The molecule has 0 aromatic carbocycles. The molecule has 5 heteroatoms. The van der Waals surface area contributed by atoms with Crippen LogP contribution in [0.3, 0.4) is 0 Å². The van der Waals surface area contributed by atoms with Crippen LogP contribution in [0.15, 0.2) is 0 Å². The Labute approximate surface area is 82.9 Å². The molecule has 5 nitrogen and oxygen atoms in total. The second-order valence-corrected chi connectivity index (χ2v) is 3.05. The van der Waals surface area contributed by atoms with E-state index in [-0.39, 0.29) is 6.29 Å². The Morgan fingerprint density at radius 1 is 1.36 bits per heavy atom. The number of carbonyl (C=O) groups is 1. The van der Waals surface area contributed by atoms with Crippen LogP contribution in [-0.4, -0.2) is 43.8 Å². The van der Waals surface area contributed by atoms with E-state index >= 15 is 0 Å². The molecule has 0 saturated carbocycles. The van der Waals surface area contributed by atoms with Crippen molar-refractivity contribution in [3.8, 4) is 0 Å². The molecule has 14 heavy (non-hydrogen) atoms. The van der Waals surface area contributed by atoms with Crippen molar-refractivity contribution in [1.29, 1.82) is 0 Å². The summed E-state index contributed by atoms with van der Waals surface area (Å²) in [4.78, 5) is 10.5. The molecule has 0 aliphatic carbocycles. The van der Waals surface area contributed by atoms with E-state index < -0.39 is 12.6 Å². The molecule has 0 atom stereocenters. The molecular weight excluding hydrogens is 188 g/mol. The maximum absolute atomic E-state index is 10.5. The van der Waals surface area contributed by atoms with E-state index in [4.69, 9.17) is 14.6 Å². The molecule has 1 fully saturated rings. The van der Waals surface area contributed by atoms with Crippen LogP contribution in [0.1, 0.15) is 19.3 Å². The summed E-state index contributed by atoms with van der Waals surface area (Å²) in [5.41, 5.74) is 0. The van der Waals surface area contributed by atoms with Crippen LogP contribution in [-0.2, 0) is 19.0 Å². The molecule has 1 N–H and O–H groups in total. The zero-order valence-electron chi connectivity index (χ0n) is 8.11. The van der Waals surface area contributed by atoms with Gasteiger partial charge in [-0.3, -0.25) is 0 Å². The first-order chi connectivity index (χ1) is 6.83. The lowest BCUT2D eigenvalue weighted by Crippen LogP contribution is -2.11. The zero-order valence-corrected chi connectivity index (χ0v) is 8.11. The Hall–Kier alpha value is -0.650. The first-order valence-corrected chi connectivity index (χ1v) is 4.82. The monoisotopic (exact) mass is 204 g/mol. The van der Waals surface area contributed by atoms with E-state index in [2.05, 4.69) is 4.74 Å². The van der Waals surface area contributed by atoms with Gasteiger partial charge in [0.2, 0.25) is 0 Å². The van der Waals surface area contributed by atoms with Gasteiger partial charge < -0.3 is 19.3 Å². The average molecular weight is 204 g/mol. The van der Waals surface area contributed by atoms with E-state index in [0.29, 0.717) is 19.8 Å². The summed E-state index contributed by atoms with van der Waals surface area (Å²) in [6.07, 6.45) is 2.41. The molecule has 0 amide bonds. The van der Waals surface area contributed by atoms with Gasteiger partial charge in [-0.1, -0.05) is 0 Å². The third-order valence-electron chi connectivity index (χ3n) is 1.92. The summed E-state index contributed by atoms with van der Waals surface area (Å²) in [6, 6.07) is 0. The van der Waals surface area contributed by atoms with Gasteiger partial charge in [0, 0.05) is 0 Å². The van der Waals surface area contributed by atoms with Gasteiger partial charge in [-0.05, 0) is 19.3 Å². The highest BCUT2D eigenvalue weighted by Crippen LogP contribution is 2.11. The van der Waals surface area contributed by atoms with Crippen molar-refractivity contribution in [1.82, 2.24) is 0 Å². The van der Waals surface area contributed by atoms with E-state index in [1.165, 1.54) is 0 Å². The number of ether oxygens (including phenoxy) is 3. The van der Waals surface area contributed by atoms with Crippen molar-refractivity contribution in [2.24, 2.45) is 0 Å². The molecule has 0 aromatic rings. The summed E-state index contributed by atoms with van der Waals surface area (Å²) in [6.45, 7) is 1.15. The Morgan fingerprint density at radius 2 is 2.07 bits per heavy atom. The fraction of sp³-hybridized carbons (Fsp3) is 0.889. The molecule has 0 unspecified atom stereocenters. The van der Waals surface area contributed by atoms with Crippen LogP contribution in [0, 0.1) is 0 Å². The van der Waals surface area contributed by atoms with Gasteiger partial charge in [0.1, 0.15) is 6.61 Å². The van der Waals surface area contributed by atoms with Gasteiger partial charge in [-0.25, -0.2) is 4.79 Å². The van der Waals surface area contributed by atoms with Crippen molar-refractivity contribution in [2.75, 3.05) is 26.4 Å². The Bertz CT molecular complexity index is 165. The van der Waals surface area contributed by atoms with Crippen molar-refractivity contribution in [3.63, 3.8) is 0 Å². The largest absolute Gasteiger partial charge is 0.464 e. The van der Waals surface area contributed by atoms with Crippen LogP contribution in [0.4, 0.5) is 0 Å².